The summed E-state index contributed by atoms with van der Waals surface area (Å²) in [6, 6.07) is 3.92. The molecule has 0 aromatic heterocycles. The first kappa shape index (κ1) is 15.4. The minimum atomic E-state index is -0.543. The second-order valence-corrected chi connectivity index (χ2v) is 4.59. The van der Waals surface area contributed by atoms with Gasteiger partial charge in [0.25, 0.3) is 5.69 Å². The average Bonchev–Trinajstić information content (AvgIpc) is 2.38. The van der Waals surface area contributed by atoms with E-state index in [9.17, 15) is 14.9 Å². The van der Waals surface area contributed by atoms with Crippen LogP contribution in [0.1, 0.15) is 19.8 Å². The van der Waals surface area contributed by atoms with Crippen LogP contribution in [-0.4, -0.2) is 17.4 Å². The maximum absolute atomic E-state index is 11.8. The predicted octanol–water partition coefficient (Wildman–Crippen LogP) is 2.56. The molecule has 0 fully saturated rings. The van der Waals surface area contributed by atoms with Crippen molar-refractivity contribution >= 4 is 28.9 Å². The van der Waals surface area contributed by atoms with Crippen molar-refractivity contribution in [2.45, 2.75) is 19.8 Å². The molecule has 7 heteroatoms. The van der Waals surface area contributed by atoms with Crippen molar-refractivity contribution < 1.29 is 9.72 Å². The maximum atomic E-state index is 11.8. The molecule has 0 heterocycles. The summed E-state index contributed by atoms with van der Waals surface area (Å²) in [5.74, 6) is -0.0788. The van der Waals surface area contributed by atoms with Gasteiger partial charge in [-0.05, 0) is 18.5 Å². The van der Waals surface area contributed by atoms with E-state index in [0.29, 0.717) is 18.7 Å². The van der Waals surface area contributed by atoms with Gasteiger partial charge in [-0.2, -0.15) is 0 Å². The van der Waals surface area contributed by atoms with Crippen molar-refractivity contribution in [1.29, 1.82) is 0 Å². The number of nitrogens with zero attached hydrogens (tertiary/aromatic N) is 1. The summed E-state index contributed by atoms with van der Waals surface area (Å²) in [6.07, 6.45) is 1.12. The molecule has 6 nitrogen and oxygen atoms in total. The standard InChI is InChI=1S/C12H16ClN3O3/c1-2-8(7-14)5-12(17)15-11-4-3-9(16(18)19)6-10(11)13/h3-4,6,8H,2,5,7,14H2,1H3,(H,15,17). The molecule has 0 spiro atoms. The molecule has 19 heavy (non-hydrogen) atoms. The molecule has 0 aliphatic heterocycles. The Balaban J connectivity index is 2.72. The molecule has 1 amide bonds. The zero-order chi connectivity index (χ0) is 14.4. The van der Waals surface area contributed by atoms with Gasteiger partial charge in [0.1, 0.15) is 0 Å². The van der Waals surface area contributed by atoms with Crippen LogP contribution in [0.25, 0.3) is 0 Å². The number of rotatable bonds is 6. The molecule has 0 saturated carbocycles. The highest BCUT2D eigenvalue weighted by molar-refractivity contribution is 6.33. The van der Waals surface area contributed by atoms with E-state index in [1.54, 1.807) is 0 Å². The molecule has 0 aliphatic rings. The summed E-state index contributed by atoms with van der Waals surface area (Å²) in [7, 11) is 0. The Morgan fingerprint density at radius 3 is 2.74 bits per heavy atom. The van der Waals surface area contributed by atoms with Crippen molar-refractivity contribution in [1.82, 2.24) is 0 Å². The topological polar surface area (TPSA) is 98.3 Å². The smallest absolute Gasteiger partial charge is 0.271 e. The molecule has 1 aromatic rings. The van der Waals surface area contributed by atoms with Crippen LogP contribution in [0.4, 0.5) is 11.4 Å². The van der Waals surface area contributed by atoms with E-state index in [1.165, 1.54) is 18.2 Å². The highest BCUT2D eigenvalue weighted by Crippen LogP contribution is 2.26. The second kappa shape index (κ2) is 7.06. The highest BCUT2D eigenvalue weighted by atomic mass is 35.5. The Bertz CT molecular complexity index is 475. The molecule has 1 atom stereocenters. The zero-order valence-electron chi connectivity index (χ0n) is 10.6. The molecule has 1 unspecified atom stereocenters. The van der Waals surface area contributed by atoms with Crippen LogP contribution in [0, 0.1) is 16.0 Å². The fraction of sp³-hybridized carbons (Fsp3) is 0.417. The minimum absolute atomic E-state index is 0.114. The van der Waals surface area contributed by atoms with Crippen LogP contribution >= 0.6 is 11.6 Å². The Hall–Kier alpha value is -1.66. The average molecular weight is 286 g/mol. The fourth-order valence-electron chi connectivity index (χ4n) is 1.58. The quantitative estimate of drug-likeness (QED) is 0.620. The van der Waals surface area contributed by atoms with Gasteiger partial charge < -0.3 is 11.1 Å². The van der Waals surface area contributed by atoms with Crippen LogP contribution in [0.2, 0.25) is 5.02 Å². The number of nitrogens with one attached hydrogen (secondary N) is 1. The van der Waals surface area contributed by atoms with Crippen molar-refractivity contribution in [3.63, 3.8) is 0 Å². The monoisotopic (exact) mass is 285 g/mol. The number of halogens is 1. The van der Waals surface area contributed by atoms with Gasteiger partial charge in [-0.25, -0.2) is 0 Å². The fourth-order valence-corrected chi connectivity index (χ4v) is 1.80. The van der Waals surface area contributed by atoms with E-state index in [2.05, 4.69) is 5.32 Å². The summed E-state index contributed by atoms with van der Waals surface area (Å²) in [5.41, 5.74) is 5.78. The molecular formula is C12H16ClN3O3. The number of benzene rings is 1. The summed E-state index contributed by atoms with van der Waals surface area (Å²) >= 11 is 5.88. The summed E-state index contributed by atoms with van der Waals surface area (Å²) < 4.78 is 0. The van der Waals surface area contributed by atoms with Gasteiger partial charge in [0.05, 0.1) is 15.6 Å². The third-order valence-electron chi connectivity index (χ3n) is 2.82. The first-order chi connectivity index (χ1) is 8.97. The number of carbonyl (C=O) groups is 1. The molecule has 1 aromatic carbocycles. The van der Waals surface area contributed by atoms with Gasteiger partial charge in [-0.3, -0.25) is 14.9 Å². The Morgan fingerprint density at radius 1 is 1.58 bits per heavy atom. The SMILES string of the molecule is CCC(CN)CC(=O)Nc1ccc([N+](=O)[O-])cc1Cl. The Kier molecular flexibility index (Phi) is 5.72. The molecular weight excluding hydrogens is 270 g/mol. The van der Waals surface area contributed by atoms with Crippen LogP contribution in [-0.2, 0) is 4.79 Å². The van der Waals surface area contributed by atoms with Gasteiger partial charge >= 0.3 is 0 Å². The second-order valence-electron chi connectivity index (χ2n) is 4.18. The van der Waals surface area contributed by atoms with Gasteiger partial charge in [0.2, 0.25) is 5.91 Å². The molecule has 104 valence electrons. The number of carbonyl (C=O) groups excluding carboxylic acids is 1. The lowest BCUT2D eigenvalue weighted by molar-refractivity contribution is -0.384. The Morgan fingerprint density at radius 2 is 2.26 bits per heavy atom. The van der Waals surface area contributed by atoms with Gasteiger partial charge in [-0.1, -0.05) is 24.9 Å². The van der Waals surface area contributed by atoms with Gasteiger partial charge in [0, 0.05) is 18.6 Å². The van der Waals surface area contributed by atoms with Crippen LogP contribution < -0.4 is 11.1 Å². The molecule has 0 radical (unpaired) electrons. The van der Waals surface area contributed by atoms with Crippen molar-refractivity contribution in [3.05, 3.63) is 33.3 Å². The van der Waals surface area contributed by atoms with E-state index >= 15 is 0 Å². The van der Waals surface area contributed by atoms with Crippen LogP contribution in [0.3, 0.4) is 0 Å². The number of anilines is 1. The highest BCUT2D eigenvalue weighted by Gasteiger charge is 2.14. The lowest BCUT2D eigenvalue weighted by atomic mass is 10.0. The Labute approximate surface area is 116 Å². The number of nitro groups is 1. The molecule has 0 aliphatic carbocycles. The number of nitro benzene ring substituents is 1. The molecule has 0 bridgehead atoms. The summed E-state index contributed by atoms with van der Waals surface area (Å²) in [6.45, 7) is 2.40. The van der Waals surface area contributed by atoms with Crippen molar-refractivity contribution in [2.24, 2.45) is 11.7 Å². The van der Waals surface area contributed by atoms with E-state index in [4.69, 9.17) is 17.3 Å². The number of hydrogen-bond acceptors (Lipinski definition) is 4. The number of nitrogens with two attached hydrogens (primary N) is 1. The lowest BCUT2D eigenvalue weighted by Crippen LogP contribution is -2.21. The van der Waals surface area contributed by atoms with Gasteiger partial charge in [-0.15, -0.1) is 0 Å². The molecule has 3 N–H and O–H groups in total. The maximum Gasteiger partial charge on any atom is 0.271 e. The normalized spacial score (nSPS) is 11.9. The molecule has 0 saturated heterocycles. The number of amides is 1. The largest absolute Gasteiger partial charge is 0.330 e. The van der Waals surface area contributed by atoms with Gasteiger partial charge in [0.15, 0.2) is 0 Å². The van der Waals surface area contributed by atoms with Crippen LogP contribution in [0.15, 0.2) is 18.2 Å². The first-order valence-electron chi connectivity index (χ1n) is 5.91. The van der Waals surface area contributed by atoms with Crippen LogP contribution in [0.5, 0.6) is 0 Å². The number of hydrogen-bond donors (Lipinski definition) is 2. The van der Waals surface area contributed by atoms with E-state index in [1.807, 2.05) is 6.92 Å². The third kappa shape index (κ3) is 4.50. The minimum Gasteiger partial charge on any atom is -0.330 e. The van der Waals surface area contributed by atoms with Crippen molar-refractivity contribution in [3.8, 4) is 0 Å². The zero-order valence-corrected chi connectivity index (χ0v) is 11.3. The number of non-ortho nitro benzene ring substituents is 1. The van der Waals surface area contributed by atoms with E-state index < -0.39 is 4.92 Å². The molecule has 1 rings (SSSR count). The van der Waals surface area contributed by atoms with E-state index in [-0.39, 0.29) is 22.5 Å². The van der Waals surface area contributed by atoms with Crippen molar-refractivity contribution in [2.75, 3.05) is 11.9 Å². The summed E-state index contributed by atoms with van der Waals surface area (Å²) in [4.78, 5) is 21.8. The lowest BCUT2D eigenvalue weighted by Gasteiger charge is -2.12. The summed E-state index contributed by atoms with van der Waals surface area (Å²) in [5, 5.41) is 13.3. The van der Waals surface area contributed by atoms with E-state index in [0.717, 1.165) is 6.42 Å². The first-order valence-corrected chi connectivity index (χ1v) is 6.29. The third-order valence-corrected chi connectivity index (χ3v) is 3.14. The predicted molar refractivity (Wildman–Crippen MR) is 74.2 cm³/mol.